The SMILES string of the molecule is COC(=O)Cl.COC(=O)NNC(=O)c1[nH]ccc1-c1ccccc1.NNC(=O)c1[nH]ccc1-c1ccccc1. The zero-order chi connectivity index (χ0) is 28.6. The molecule has 0 fully saturated rings. The van der Waals surface area contributed by atoms with Crippen molar-refractivity contribution >= 4 is 34.9 Å². The van der Waals surface area contributed by atoms with Crippen LogP contribution < -0.4 is 22.1 Å². The second-order valence-electron chi connectivity index (χ2n) is 7.25. The Hall–Kier alpha value is -5.07. The Morgan fingerprint density at radius 3 is 1.51 bits per heavy atom. The molecule has 0 atom stereocenters. The average molecular weight is 555 g/mol. The third-order valence-electron chi connectivity index (χ3n) is 4.87. The summed E-state index contributed by atoms with van der Waals surface area (Å²) in [6, 6.07) is 22.8. The van der Waals surface area contributed by atoms with Crippen LogP contribution in [0.1, 0.15) is 21.0 Å². The lowest BCUT2D eigenvalue weighted by Gasteiger charge is -2.07. The van der Waals surface area contributed by atoms with Crippen molar-refractivity contribution in [1.82, 2.24) is 26.2 Å². The third-order valence-corrected chi connectivity index (χ3v) is 5.03. The van der Waals surface area contributed by atoms with Crippen molar-refractivity contribution in [2.75, 3.05) is 14.2 Å². The quantitative estimate of drug-likeness (QED) is 0.0955. The number of H-pyrrole nitrogens is 2. The predicted octanol–water partition coefficient (Wildman–Crippen LogP) is 3.96. The topological polar surface area (TPSA) is 180 Å². The molecule has 13 heteroatoms. The average Bonchev–Trinajstić information content (AvgIpc) is 3.67. The molecule has 0 aliphatic heterocycles. The van der Waals surface area contributed by atoms with E-state index in [2.05, 4.69) is 47.3 Å². The number of rotatable bonds is 4. The predicted molar refractivity (Wildman–Crippen MR) is 145 cm³/mol. The third kappa shape index (κ3) is 9.39. The maximum Gasteiger partial charge on any atom is 0.425 e. The molecule has 2 aromatic heterocycles. The molecule has 39 heavy (non-hydrogen) atoms. The van der Waals surface area contributed by atoms with Crippen LogP contribution in [0.15, 0.2) is 85.2 Å². The Balaban J connectivity index is 0.000000238. The van der Waals surface area contributed by atoms with E-state index in [1.165, 1.54) is 14.2 Å². The molecule has 0 saturated carbocycles. The molecule has 0 spiro atoms. The van der Waals surface area contributed by atoms with Gasteiger partial charge in [-0.3, -0.25) is 20.4 Å². The number of carbonyl (C=O) groups is 4. The fourth-order valence-corrected chi connectivity index (χ4v) is 3.12. The highest BCUT2D eigenvalue weighted by Crippen LogP contribution is 2.23. The molecule has 204 valence electrons. The number of nitrogens with one attached hydrogen (secondary N) is 5. The van der Waals surface area contributed by atoms with E-state index in [-0.39, 0.29) is 5.91 Å². The molecule has 0 aliphatic rings. The van der Waals surface area contributed by atoms with Crippen molar-refractivity contribution in [1.29, 1.82) is 0 Å². The van der Waals surface area contributed by atoms with Crippen molar-refractivity contribution in [3.8, 4) is 22.3 Å². The number of methoxy groups -OCH3 is 2. The van der Waals surface area contributed by atoms with Crippen LogP contribution in [-0.4, -0.2) is 47.5 Å². The molecule has 7 N–H and O–H groups in total. The lowest BCUT2D eigenvalue weighted by molar-refractivity contribution is 0.0915. The summed E-state index contributed by atoms with van der Waals surface area (Å²) in [5.74, 6) is 4.32. The first kappa shape index (κ1) is 30.2. The highest BCUT2D eigenvalue weighted by Gasteiger charge is 2.15. The first-order valence-corrected chi connectivity index (χ1v) is 11.5. The molecule has 3 amide bonds. The summed E-state index contributed by atoms with van der Waals surface area (Å²) in [7, 11) is 2.43. The van der Waals surface area contributed by atoms with Gasteiger partial charge in [0.15, 0.2) is 0 Å². The van der Waals surface area contributed by atoms with E-state index in [1.807, 2.05) is 66.7 Å². The van der Waals surface area contributed by atoms with Crippen molar-refractivity contribution < 1.29 is 28.7 Å². The normalized spacial score (nSPS) is 9.44. The largest absolute Gasteiger partial charge is 0.457 e. The number of hydrogen-bond acceptors (Lipinski definition) is 7. The van der Waals surface area contributed by atoms with Crippen LogP contribution in [0.25, 0.3) is 22.3 Å². The first-order valence-electron chi connectivity index (χ1n) is 11.2. The highest BCUT2D eigenvalue weighted by atomic mass is 35.5. The van der Waals surface area contributed by atoms with Crippen molar-refractivity contribution in [3.63, 3.8) is 0 Å². The second kappa shape index (κ2) is 15.9. The number of hydrazine groups is 2. The number of benzene rings is 2. The molecule has 4 aromatic rings. The summed E-state index contributed by atoms with van der Waals surface area (Å²) in [4.78, 5) is 49.3. The summed E-state index contributed by atoms with van der Waals surface area (Å²) >= 11 is 4.60. The van der Waals surface area contributed by atoms with E-state index in [9.17, 15) is 19.2 Å². The van der Waals surface area contributed by atoms with Gasteiger partial charge in [-0.1, -0.05) is 60.7 Å². The molecular formula is C26H27ClN6O6. The number of nitrogen functional groups attached to an aromatic ring is 1. The van der Waals surface area contributed by atoms with Crippen LogP contribution in [0.2, 0.25) is 0 Å². The summed E-state index contributed by atoms with van der Waals surface area (Å²) in [6.45, 7) is 0. The van der Waals surface area contributed by atoms with E-state index in [0.29, 0.717) is 11.4 Å². The van der Waals surface area contributed by atoms with Gasteiger partial charge >= 0.3 is 11.5 Å². The molecule has 2 heterocycles. The van der Waals surface area contributed by atoms with Crippen molar-refractivity contribution in [2.45, 2.75) is 0 Å². The maximum atomic E-state index is 11.9. The summed E-state index contributed by atoms with van der Waals surface area (Å²) in [6.07, 6.45) is 2.64. The van der Waals surface area contributed by atoms with Gasteiger partial charge in [-0.2, -0.15) is 0 Å². The Morgan fingerprint density at radius 1 is 0.692 bits per heavy atom. The lowest BCUT2D eigenvalue weighted by atomic mass is 10.1. The maximum absolute atomic E-state index is 11.9. The minimum absolute atomic E-state index is 0.321. The standard InChI is InChI=1S/C13H13N3O3.C11H11N3O.C2H3ClO2/c1-19-13(18)16-15-12(17)11-10(7-8-14-11)9-5-3-2-4-6-9;12-14-11(15)10-9(6-7-13-10)8-4-2-1-3-5-8;1-5-2(3)4/h2-8,14H,1H3,(H,15,17)(H,16,18);1-7,13H,12H2,(H,14,15);1H3. The van der Waals surface area contributed by atoms with Gasteiger partial charge in [-0.05, 0) is 23.3 Å². The van der Waals surface area contributed by atoms with Gasteiger partial charge in [0.25, 0.3) is 11.8 Å². The molecule has 0 saturated heterocycles. The number of amides is 3. The van der Waals surface area contributed by atoms with Crippen LogP contribution in [0.4, 0.5) is 9.59 Å². The number of hydrogen-bond donors (Lipinski definition) is 6. The summed E-state index contributed by atoms with van der Waals surface area (Å²) in [5, 5.41) is 0. The highest BCUT2D eigenvalue weighted by molar-refractivity contribution is 6.61. The minimum Gasteiger partial charge on any atom is -0.457 e. The fraction of sp³-hybridized carbons (Fsp3) is 0.0769. The van der Waals surface area contributed by atoms with E-state index < -0.39 is 17.4 Å². The van der Waals surface area contributed by atoms with E-state index in [4.69, 9.17) is 5.84 Å². The van der Waals surface area contributed by atoms with Gasteiger partial charge in [0.2, 0.25) is 0 Å². The summed E-state index contributed by atoms with van der Waals surface area (Å²) < 4.78 is 8.23. The zero-order valence-corrected chi connectivity index (χ0v) is 21.7. The molecule has 0 radical (unpaired) electrons. The molecular weight excluding hydrogens is 528 g/mol. The van der Waals surface area contributed by atoms with E-state index in [0.717, 1.165) is 22.3 Å². The van der Waals surface area contributed by atoms with Crippen molar-refractivity contribution in [2.24, 2.45) is 5.84 Å². The zero-order valence-electron chi connectivity index (χ0n) is 21.0. The van der Waals surface area contributed by atoms with Gasteiger partial charge in [0.05, 0.1) is 14.2 Å². The number of aromatic nitrogens is 2. The molecule has 12 nitrogen and oxygen atoms in total. The Labute approximate surface area is 228 Å². The van der Waals surface area contributed by atoms with Crippen LogP contribution in [0, 0.1) is 0 Å². The van der Waals surface area contributed by atoms with Gasteiger partial charge in [0, 0.05) is 35.1 Å². The molecule has 0 bridgehead atoms. The molecule has 0 unspecified atom stereocenters. The molecule has 2 aromatic carbocycles. The minimum atomic E-state index is -0.773. The van der Waals surface area contributed by atoms with Gasteiger partial charge in [-0.15, -0.1) is 0 Å². The number of aromatic amines is 2. The Kier molecular flexibility index (Phi) is 12.3. The number of ether oxygens (including phenoxy) is 2. The Bertz CT molecular complexity index is 1360. The van der Waals surface area contributed by atoms with Crippen LogP contribution >= 0.6 is 11.6 Å². The second-order valence-corrected chi connectivity index (χ2v) is 7.56. The van der Waals surface area contributed by atoms with Gasteiger partial charge in [0.1, 0.15) is 11.4 Å². The lowest BCUT2D eigenvalue weighted by Crippen LogP contribution is -2.41. The smallest absolute Gasteiger partial charge is 0.425 e. The van der Waals surface area contributed by atoms with E-state index in [1.54, 1.807) is 18.5 Å². The van der Waals surface area contributed by atoms with E-state index >= 15 is 0 Å². The van der Waals surface area contributed by atoms with Crippen molar-refractivity contribution in [3.05, 3.63) is 96.6 Å². The van der Waals surface area contributed by atoms with Gasteiger partial charge < -0.3 is 19.4 Å². The first-order chi connectivity index (χ1) is 18.8. The van der Waals surface area contributed by atoms with Crippen LogP contribution in [0.5, 0.6) is 0 Å². The molecule has 4 rings (SSSR count). The fourth-order valence-electron chi connectivity index (χ4n) is 3.12. The van der Waals surface area contributed by atoms with Gasteiger partial charge in [-0.25, -0.2) is 20.9 Å². The number of nitrogens with two attached hydrogens (primary N) is 1. The van der Waals surface area contributed by atoms with Crippen LogP contribution in [0.3, 0.4) is 0 Å². The number of halogens is 1. The van der Waals surface area contributed by atoms with Crippen LogP contribution in [-0.2, 0) is 9.47 Å². The number of carbonyl (C=O) groups excluding carboxylic acids is 4. The molecule has 0 aliphatic carbocycles. The monoisotopic (exact) mass is 554 g/mol. The summed E-state index contributed by atoms with van der Waals surface area (Å²) in [5.41, 5.74) is 10.0. The Morgan fingerprint density at radius 2 is 1.13 bits per heavy atom.